The fourth-order valence-electron chi connectivity index (χ4n) is 2.42. The third-order valence-electron chi connectivity index (χ3n) is 4.09. The molecule has 2 amide bonds. The van der Waals surface area contributed by atoms with Crippen LogP contribution in [-0.4, -0.2) is 29.8 Å². The number of nitriles is 1. The molecule has 0 saturated carbocycles. The Morgan fingerprint density at radius 3 is 2.65 bits per heavy atom. The van der Waals surface area contributed by atoms with Crippen LogP contribution in [0, 0.1) is 11.3 Å². The Morgan fingerprint density at radius 2 is 1.96 bits per heavy atom. The van der Waals surface area contributed by atoms with Gasteiger partial charge in [-0.05, 0) is 36.8 Å². The van der Waals surface area contributed by atoms with Crippen LogP contribution < -0.4 is 10.5 Å². The second-order valence-corrected chi connectivity index (χ2v) is 5.98. The van der Waals surface area contributed by atoms with Gasteiger partial charge in [0.05, 0.1) is 18.1 Å². The van der Waals surface area contributed by atoms with Crippen molar-refractivity contribution in [3.63, 3.8) is 0 Å². The first-order valence-corrected chi connectivity index (χ1v) is 8.18. The summed E-state index contributed by atoms with van der Waals surface area (Å²) in [6, 6.07) is 15.7. The van der Waals surface area contributed by atoms with E-state index in [2.05, 4.69) is 6.07 Å². The summed E-state index contributed by atoms with van der Waals surface area (Å²) in [6.07, 6.45) is 0.273. The lowest BCUT2D eigenvalue weighted by Gasteiger charge is -2.23. The first-order valence-electron chi connectivity index (χ1n) is 8.18. The number of carbonyl (C=O) groups is 2. The van der Waals surface area contributed by atoms with Crippen LogP contribution in [0.3, 0.4) is 0 Å². The first kappa shape index (κ1) is 19.0. The number of hydrogen-bond donors (Lipinski definition) is 1. The lowest BCUT2D eigenvalue weighted by molar-refractivity contribution is 0.0746. The molecule has 0 saturated heterocycles. The van der Waals surface area contributed by atoms with Crippen LogP contribution >= 0.6 is 0 Å². The average Bonchev–Trinajstić information content (AvgIpc) is 2.65. The lowest BCUT2D eigenvalue weighted by atomic mass is 10.1. The van der Waals surface area contributed by atoms with Gasteiger partial charge in [0.15, 0.2) is 0 Å². The van der Waals surface area contributed by atoms with Crippen molar-refractivity contribution in [2.75, 3.05) is 7.05 Å². The van der Waals surface area contributed by atoms with Crippen LogP contribution in [-0.2, 0) is 6.61 Å². The molecule has 2 N–H and O–H groups in total. The molecule has 0 aliphatic heterocycles. The normalized spacial score (nSPS) is 11.3. The molecule has 2 aromatic rings. The number of nitrogens with two attached hydrogens (primary N) is 1. The Bertz CT molecular complexity index is 842. The van der Waals surface area contributed by atoms with E-state index >= 15 is 0 Å². The molecule has 0 fully saturated rings. The minimum absolute atomic E-state index is 0.160. The van der Waals surface area contributed by atoms with E-state index < -0.39 is 5.91 Å². The quantitative estimate of drug-likeness (QED) is 0.829. The van der Waals surface area contributed by atoms with Gasteiger partial charge in [0.25, 0.3) is 11.8 Å². The molecule has 134 valence electrons. The zero-order chi connectivity index (χ0) is 19.1. The Hall–Kier alpha value is -3.33. The molecular formula is C20H21N3O3. The maximum Gasteiger partial charge on any atom is 0.253 e. The monoisotopic (exact) mass is 351 g/mol. The number of hydrogen-bond acceptors (Lipinski definition) is 4. The highest BCUT2D eigenvalue weighted by atomic mass is 16.5. The number of amides is 2. The summed E-state index contributed by atoms with van der Waals surface area (Å²) in [4.78, 5) is 25.5. The van der Waals surface area contributed by atoms with Crippen LogP contribution in [0.2, 0.25) is 0 Å². The number of primary amides is 1. The molecule has 0 heterocycles. The topological polar surface area (TPSA) is 96.4 Å². The molecule has 0 aliphatic rings. The molecule has 0 aromatic heterocycles. The second-order valence-electron chi connectivity index (χ2n) is 5.98. The predicted molar refractivity (Wildman–Crippen MR) is 97.5 cm³/mol. The Balaban J connectivity index is 2.12. The molecule has 0 spiro atoms. The lowest BCUT2D eigenvalue weighted by Crippen LogP contribution is -2.34. The van der Waals surface area contributed by atoms with Crippen LogP contribution in [0.5, 0.6) is 5.75 Å². The minimum atomic E-state index is -0.558. The highest BCUT2D eigenvalue weighted by Crippen LogP contribution is 2.19. The van der Waals surface area contributed by atoms with Crippen molar-refractivity contribution in [3.8, 4) is 11.8 Å². The van der Waals surface area contributed by atoms with Crippen LogP contribution in [0.25, 0.3) is 0 Å². The van der Waals surface area contributed by atoms with Gasteiger partial charge in [-0.25, -0.2) is 0 Å². The van der Waals surface area contributed by atoms with E-state index in [0.29, 0.717) is 16.9 Å². The molecule has 26 heavy (non-hydrogen) atoms. The maximum absolute atomic E-state index is 12.5. The van der Waals surface area contributed by atoms with E-state index in [1.165, 1.54) is 0 Å². The van der Waals surface area contributed by atoms with Gasteiger partial charge in [0.2, 0.25) is 0 Å². The number of rotatable bonds is 7. The van der Waals surface area contributed by atoms with Crippen LogP contribution in [0.1, 0.15) is 39.6 Å². The molecule has 6 nitrogen and oxygen atoms in total. The Kier molecular flexibility index (Phi) is 6.34. The van der Waals surface area contributed by atoms with E-state index in [9.17, 15) is 9.59 Å². The molecule has 1 unspecified atom stereocenters. The third-order valence-corrected chi connectivity index (χ3v) is 4.09. The van der Waals surface area contributed by atoms with Crippen molar-refractivity contribution in [1.82, 2.24) is 4.90 Å². The summed E-state index contributed by atoms with van der Waals surface area (Å²) in [7, 11) is 1.68. The van der Waals surface area contributed by atoms with Gasteiger partial charge in [0.1, 0.15) is 12.4 Å². The van der Waals surface area contributed by atoms with Crippen LogP contribution in [0.4, 0.5) is 0 Å². The fraction of sp³-hybridized carbons (Fsp3) is 0.250. The average molecular weight is 351 g/mol. The van der Waals surface area contributed by atoms with Gasteiger partial charge in [-0.3, -0.25) is 9.59 Å². The van der Waals surface area contributed by atoms with Crippen molar-refractivity contribution in [2.45, 2.75) is 26.0 Å². The van der Waals surface area contributed by atoms with Crippen molar-refractivity contribution in [1.29, 1.82) is 5.26 Å². The van der Waals surface area contributed by atoms with E-state index in [-0.39, 0.29) is 25.0 Å². The molecule has 2 aromatic carbocycles. The van der Waals surface area contributed by atoms with Crippen molar-refractivity contribution in [2.24, 2.45) is 5.73 Å². The summed E-state index contributed by atoms with van der Waals surface area (Å²) in [5.74, 6) is -0.318. The molecule has 0 aliphatic carbocycles. The number of benzene rings is 2. The van der Waals surface area contributed by atoms with Crippen molar-refractivity contribution in [3.05, 3.63) is 65.2 Å². The second kappa shape index (κ2) is 8.67. The van der Waals surface area contributed by atoms with Gasteiger partial charge < -0.3 is 15.4 Å². The smallest absolute Gasteiger partial charge is 0.253 e. The summed E-state index contributed by atoms with van der Waals surface area (Å²) in [5.41, 5.74) is 6.96. The Morgan fingerprint density at radius 1 is 1.23 bits per heavy atom. The first-order chi connectivity index (χ1) is 12.4. The van der Waals surface area contributed by atoms with Gasteiger partial charge in [-0.15, -0.1) is 0 Å². The zero-order valence-corrected chi connectivity index (χ0v) is 14.8. The predicted octanol–water partition coefficient (Wildman–Crippen LogP) is 2.74. The number of nitrogens with zero attached hydrogens (tertiary/aromatic N) is 2. The maximum atomic E-state index is 12.5. The summed E-state index contributed by atoms with van der Waals surface area (Å²) >= 11 is 0. The molecule has 2 rings (SSSR count). The molecule has 6 heteroatoms. The summed E-state index contributed by atoms with van der Waals surface area (Å²) in [6.45, 7) is 2.03. The van der Waals surface area contributed by atoms with E-state index in [0.717, 1.165) is 5.56 Å². The van der Waals surface area contributed by atoms with E-state index in [1.807, 2.05) is 13.0 Å². The zero-order valence-electron chi connectivity index (χ0n) is 14.8. The molecule has 0 radical (unpaired) electrons. The largest absolute Gasteiger partial charge is 0.488 e. The van der Waals surface area contributed by atoms with Gasteiger partial charge in [-0.2, -0.15) is 5.26 Å². The fourth-order valence-corrected chi connectivity index (χ4v) is 2.42. The molecule has 0 bridgehead atoms. The summed E-state index contributed by atoms with van der Waals surface area (Å²) < 4.78 is 5.70. The number of ether oxygens (including phenoxy) is 1. The van der Waals surface area contributed by atoms with Crippen molar-refractivity contribution >= 4 is 11.8 Å². The standard InChI is InChI=1S/C20H21N3O3/c1-14(10-11-21)23(2)20(25)16-7-5-6-15(12-16)13-26-18-9-4-3-8-17(18)19(22)24/h3-9,12,14H,10,13H2,1-2H3,(H2,22,24). The highest BCUT2D eigenvalue weighted by molar-refractivity contribution is 5.95. The van der Waals surface area contributed by atoms with Crippen molar-refractivity contribution < 1.29 is 14.3 Å². The van der Waals surface area contributed by atoms with Crippen LogP contribution in [0.15, 0.2) is 48.5 Å². The number of para-hydroxylation sites is 1. The highest BCUT2D eigenvalue weighted by Gasteiger charge is 2.17. The Labute approximate surface area is 152 Å². The SMILES string of the molecule is CC(CC#N)N(C)C(=O)c1cccc(COc2ccccc2C(N)=O)c1. The van der Waals surface area contributed by atoms with Gasteiger partial charge >= 0.3 is 0 Å². The molecule has 1 atom stereocenters. The van der Waals surface area contributed by atoms with Gasteiger partial charge in [-0.1, -0.05) is 24.3 Å². The van der Waals surface area contributed by atoms with E-state index in [1.54, 1.807) is 54.4 Å². The van der Waals surface area contributed by atoms with E-state index in [4.69, 9.17) is 15.7 Å². The minimum Gasteiger partial charge on any atom is -0.488 e. The molecular weight excluding hydrogens is 330 g/mol. The van der Waals surface area contributed by atoms with Gasteiger partial charge in [0, 0.05) is 18.7 Å². The number of carbonyl (C=O) groups excluding carboxylic acids is 2. The summed E-state index contributed by atoms with van der Waals surface area (Å²) in [5, 5.41) is 8.78. The third kappa shape index (κ3) is 4.61.